The monoisotopic (exact) mass is 252 g/mol. The van der Waals surface area contributed by atoms with Crippen molar-refractivity contribution in [3.8, 4) is 0 Å². The molecule has 2 fully saturated rings. The topological polar surface area (TPSA) is 67.6 Å². The Bertz CT molecular complexity index is 441. The number of nitrogen functional groups attached to an aromatic ring is 1. The molecule has 3 N–H and O–H groups in total. The second-order valence-corrected chi connectivity index (χ2v) is 7.39. The van der Waals surface area contributed by atoms with Crippen LogP contribution in [-0.4, -0.2) is 20.4 Å². The van der Waals surface area contributed by atoms with Gasteiger partial charge in [-0.25, -0.2) is 5.10 Å². The molecule has 0 unspecified atom stereocenters. The van der Waals surface area contributed by atoms with E-state index in [1.54, 1.807) is 11.8 Å². The van der Waals surface area contributed by atoms with E-state index in [9.17, 15) is 0 Å². The first kappa shape index (κ1) is 11.4. The molecule has 0 amide bonds. The van der Waals surface area contributed by atoms with Gasteiger partial charge in [0.05, 0.1) is 0 Å². The Hall–Kier alpha value is -0.710. The van der Waals surface area contributed by atoms with Gasteiger partial charge in [0.15, 0.2) is 0 Å². The highest BCUT2D eigenvalue weighted by Crippen LogP contribution is 2.68. The van der Waals surface area contributed by atoms with Crippen molar-refractivity contribution in [2.45, 2.75) is 50.4 Å². The van der Waals surface area contributed by atoms with Crippen molar-refractivity contribution in [3.63, 3.8) is 0 Å². The Morgan fingerprint density at radius 3 is 2.65 bits per heavy atom. The minimum Gasteiger partial charge on any atom is -0.368 e. The number of fused-ring (bicyclic) bond motifs is 2. The van der Waals surface area contributed by atoms with Crippen LogP contribution in [0.3, 0.4) is 0 Å². The maximum Gasteiger partial charge on any atom is 0.216 e. The zero-order valence-electron chi connectivity index (χ0n) is 10.7. The normalized spacial score (nSPS) is 38.8. The van der Waals surface area contributed by atoms with E-state index in [2.05, 4.69) is 36.0 Å². The lowest BCUT2D eigenvalue weighted by atomic mass is 9.71. The molecule has 2 bridgehead atoms. The average molecular weight is 252 g/mol. The van der Waals surface area contributed by atoms with Crippen LogP contribution < -0.4 is 5.73 Å². The Kier molecular flexibility index (Phi) is 2.28. The van der Waals surface area contributed by atoms with Crippen LogP contribution in [0.15, 0.2) is 5.16 Å². The lowest BCUT2D eigenvalue weighted by Crippen LogP contribution is -2.33. The van der Waals surface area contributed by atoms with Gasteiger partial charge in [0, 0.05) is 5.25 Å². The van der Waals surface area contributed by atoms with Gasteiger partial charge in [-0.2, -0.15) is 4.98 Å². The lowest BCUT2D eigenvalue weighted by Gasteiger charge is -2.38. The van der Waals surface area contributed by atoms with Gasteiger partial charge in [0.2, 0.25) is 11.1 Å². The van der Waals surface area contributed by atoms with Gasteiger partial charge in [0.25, 0.3) is 0 Å². The maximum absolute atomic E-state index is 5.57. The molecule has 1 heterocycles. The lowest BCUT2D eigenvalue weighted by molar-refractivity contribution is 0.156. The van der Waals surface area contributed by atoms with Crippen molar-refractivity contribution < 1.29 is 0 Å². The molecule has 17 heavy (non-hydrogen) atoms. The van der Waals surface area contributed by atoms with Crippen LogP contribution in [-0.2, 0) is 0 Å². The van der Waals surface area contributed by atoms with Gasteiger partial charge in [-0.05, 0) is 36.0 Å². The van der Waals surface area contributed by atoms with Crippen LogP contribution in [0.1, 0.15) is 40.0 Å². The summed E-state index contributed by atoms with van der Waals surface area (Å²) in [6.07, 6.45) is 4.02. The van der Waals surface area contributed by atoms with Gasteiger partial charge in [-0.15, -0.1) is 5.10 Å². The predicted molar refractivity (Wildman–Crippen MR) is 69.7 cm³/mol. The number of hydrogen-bond donors (Lipinski definition) is 2. The van der Waals surface area contributed by atoms with Crippen LogP contribution in [0, 0.1) is 16.7 Å². The predicted octanol–water partition coefficient (Wildman–Crippen LogP) is 2.69. The third-order valence-corrected chi connectivity index (χ3v) is 6.83. The fourth-order valence-electron chi connectivity index (χ4n) is 3.75. The highest BCUT2D eigenvalue weighted by molar-refractivity contribution is 7.99. The number of thioether (sulfide) groups is 1. The Morgan fingerprint density at radius 1 is 1.41 bits per heavy atom. The second kappa shape index (κ2) is 3.40. The van der Waals surface area contributed by atoms with E-state index in [1.807, 2.05) is 0 Å². The number of nitrogens with two attached hydrogens (primary N) is 1. The van der Waals surface area contributed by atoms with E-state index in [0.717, 1.165) is 11.1 Å². The molecule has 2 aliphatic carbocycles. The molecule has 0 aromatic carbocycles. The summed E-state index contributed by atoms with van der Waals surface area (Å²) in [5.41, 5.74) is 6.44. The van der Waals surface area contributed by atoms with Gasteiger partial charge in [0.1, 0.15) is 0 Å². The van der Waals surface area contributed by atoms with Gasteiger partial charge < -0.3 is 5.73 Å². The molecule has 0 saturated heterocycles. The minimum absolute atomic E-state index is 0.414. The van der Waals surface area contributed by atoms with Crippen LogP contribution in [0.4, 0.5) is 5.95 Å². The molecular weight excluding hydrogens is 232 g/mol. The fourth-order valence-corrected chi connectivity index (χ4v) is 5.26. The smallest absolute Gasteiger partial charge is 0.216 e. The Morgan fingerprint density at radius 2 is 2.18 bits per heavy atom. The zero-order valence-corrected chi connectivity index (χ0v) is 11.5. The number of aromatic amines is 1. The molecule has 94 valence electrons. The third-order valence-electron chi connectivity index (χ3n) is 5.44. The van der Waals surface area contributed by atoms with Gasteiger partial charge in [-0.1, -0.05) is 32.5 Å². The molecule has 3 rings (SSSR count). The van der Waals surface area contributed by atoms with Crippen molar-refractivity contribution in [1.29, 1.82) is 0 Å². The van der Waals surface area contributed by atoms with E-state index in [1.165, 1.54) is 19.3 Å². The summed E-state index contributed by atoms with van der Waals surface area (Å²) >= 11 is 1.80. The van der Waals surface area contributed by atoms with E-state index in [0.29, 0.717) is 22.0 Å². The Balaban J connectivity index is 1.83. The number of nitrogens with zero attached hydrogens (tertiary/aromatic N) is 2. The summed E-state index contributed by atoms with van der Waals surface area (Å²) in [5.74, 6) is 1.28. The van der Waals surface area contributed by atoms with Crippen molar-refractivity contribution in [3.05, 3.63) is 0 Å². The first-order chi connectivity index (χ1) is 7.93. The minimum atomic E-state index is 0.414. The van der Waals surface area contributed by atoms with Crippen LogP contribution >= 0.6 is 11.8 Å². The third kappa shape index (κ3) is 1.44. The molecule has 0 spiro atoms. The number of H-pyrrole nitrogens is 1. The zero-order chi connectivity index (χ0) is 12.3. The summed E-state index contributed by atoms with van der Waals surface area (Å²) in [5, 5.41) is 8.29. The number of rotatable bonds is 2. The Labute approximate surface area is 106 Å². The average Bonchev–Trinajstić information content (AvgIpc) is 2.80. The van der Waals surface area contributed by atoms with E-state index < -0.39 is 0 Å². The van der Waals surface area contributed by atoms with E-state index in [4.69, 9.17) is 5.73 Å². The quantitative estimate of drug-likeness (QED) is 0.849. The van der Waals surface area contributed by atoms with E-state index >= 15 is 0 Å². The number of hydrogen-bond acceptors (Lipinski definition) is 4. The van der Waals surface area contributed by atoms with Crippen LogP contribution in [0.5, 0.6) is 0 Å². The number of aromatic nitrogens is 3. The molecule has 0 aliphatic heterocycles. The molecule has 1 aromatic rings. The van der Waals surface area contributed by atoms with Crippen molar-refractivity contribution in [2.75, 3.05) is 5.73 Å². The van der Waals surface area contributed by atoms with Gasteiger partial charge in [-0.3, -0.25) is 0 Å². The second-order valence-electron chi connectivity index (χ2n) is 6.22. The van der Waals surface area contributed by atoms with Crippen molar-refractivity contribution in [1.82, 2.24) is 15.2 Å². The standard InChI is InChI=1S/C12H20N4S/c1-11(2)7-4-5-12(11,3)8(6-7)17-10-14-9(13)15-16-10/h7-8H,4-6H2,1-3H3,(H3,13,14,15,16)/t7-,8+,12-/m1/s1. The number of nitrogens with one attached hydrogen (secondary N) is 1. The maximum atomic E-state index is 5.57. The molecule has 0 radical (unpaired) electrons. The van der Waals surface area contributed by atoms with Gasteiger partial charge >= 0.3 is 0 Å². The first-order valence-electron chi connectivity index (χ1n) is 6.28. The van der Waals surface area contributed by atoms with E-state index in [-0.39, 0.29) is 0 Å². The first-order valence-corrected chi connectivity index (χ1v) is 7.16. The summed E-state index contributed by atoms with van der Waals surface area (Å²) in [4.78, 5) is 4.21. The SMILES string of the molecule is CC1(C)[C@@H]2CC[C@]1(C)[C@@H](Sc1n[nH]c(N)n1)C2. The fraction of sp³-hybridized carbons (Fsp3) is 0.833. The summed E-state index contributed by atoms with van der Waals surface area (Å²) < 4.78 is 0. The molecule has 2 aliphatic rings. The highest BCUT2D eigenvalue weighted by Gasteiger charge is 2.61. The summed E-state index contributed by atoms with van der Waals surface area (Å²) in [7, 11) is 0. The molecule has 4 nitrogen and oxygen atoms in total. The summed E-state index contributed by atoms with van der Waals surface area (Å²) in [6, 6.07) is 0. The number of anilines is 1. The van der Waals surface area contributed by atoms with Crippen molar-refractivity contribution in [2.24, 2.45) is 16.7 Å². The summed E-state index contributed by atoms with van der Waals surface area (Å²) in [6.45, 7) is 7.29. The molecule has 2 saturated carbocycles. The molecule has 5 heteroatoms. The largest absolute Gasteiger partial charge is 0.368 e. The van der Waals surface area contributed by atoms with Crippen LogP contribution in [0.2, 0.25) is 0 Å². The van der Waals surface area contributed by atoms with Crippen LogP contribution in [0.25, 0.3) is 0 Å². The highest BCUT2D eigenvalue weighted by atomic mass is 32.2. The van der Waals surface area contributed by atoms with Crippen molar-refractivity contribution >= 4 is 17.7 Å². The molecule has 3 atom stereocenters. The molecule has 1 aromatic heterocycles. The molecular formula is C12H20N4S.